The number of aromatic nitrogens is 1. The molecule has 0 spiro atoms. The van der Waals surface area contributed by atoms with Gasteiger partial charge in [0.15, 0.2) is 11.6 Å². The average molecular weight is 523 g/mol. The summed E-state index contributed by atoms with van der Waals surface area (Å²) in [6.45, 7) is 0. The maximum absolute atomic E-state index is 13.6. The molecule has 2 N–H and O–H groups in total. The summed E-state index contributed by atoms with van der Waals surface area (Å²) in [6.07, 6.45) is 0. The van der Waals surface area contributed by atoms with Crippen LogP contribution in [0.3, 0.4) is 0 Å². The van der Waals surface area contributed by atoms with Crippen molar-refractivity contribution >= 4 is 26.8 Å². The molecule has 0 radical (unpaired) electrons. The Kier molecular flexibility index (Phi) is 6.18. The molecule has 0 aliphatic carbocycles. The molecule has 6 nitrogen and oxygen atoms in total. The molecule has 1 heterocycles. The van der Waals surface area contributed by atoms with Crippen molar-refractivity contribution in [2.24, 2.45) is 0 Å². The number of halogens is 3. The Bertz CT molecular complexity index is 1750. The first kappa shape index (κ1) is 24.1. The molecule has 0 aliphatic rings. The molecule has 186 valence electrons. The minimum atomic E-state index is -4.29. The standard InChI is InChI=1S/C27H17F3N2O4S/c28-19-5-7-20(8-6-19)36-21-9-11-25-18(12-21)15-26(31-25)27(33)32-37(34,35)22-3-1-2-16(13-22)17-4-10-23(29)24(30)14-17/h1-15,31H,(H,32,33). The maximum atomic E-state index is 13.6. The highest BCUT2D eigenvalue weighted by atomic mass is 32.2. The molecule has 0 fully saturated rings. The number of aromatic amines is 1. The molecule has 0 aliphatic heterocycles. The summed E-state index contributed by atoms with van der Waals surface area (Å²) in [5, 5.41) is 0.586. The maximum Gasteiger partial charge on any atom is 0.281 e. The first-order valence-corrected chi connectivity index (χ1v) is 12.4. The van der Waals surface area contributed by atoms with Crippen molar-refractivity contribution in [3.63, 3.8) is 0 Å². The van der Waals surface area contributed by atoms with E-state index in [4.69, 9.17) is 4.74 Å². The number of sulfonamides is 1. The zero-order chi connectivity index (χ0) is 26.2. The van der Waals surface area contributed by atoms with Gasteiger partial charge in [0.25, 0.3) is 15.9 Å². The number of benzene rings is 4. The lowest BCUT2D eigenvalue weighted by Crippen LogP contribution is -2.30. The van der Waals surface area contributed by atoms with Crippen LogP contribution in [0.25, 0.3) is 22.0 Å². The molecule has 10 heteroatoms. The average Bonchev–Trinajstić information content (AvgIpc) is 3.31. The van der Waals surface area contributed by atoms with E-state index in [9.17, 15) is 26.4 Å². The summed E-state index contributed by atoms with van der Waals surface area (Å²) >= 11 is 0. The van der Waals surface area contributed by atoms with Gasteiger partial charge in [-0.3, -0.25) is 4.79 Å². The Morgan fingerprint density at radius 2 is 1.49 bits per heavy atom. The van der Waals surface area contributed by atoms with Crippen molar-refractivity contribution in [2.75, 3.05) is 0 Å². The quantitative estimate of drug-likeness (QED) is 0.280. The van der Waals surface area contributed by atoms with Crippen LogP contribution in [0.15, 0.2) is 95.9 Å². The molecular weight excluding hydrogens is 505 g/mol. The molecule has 0 atom stereocenters. The largest absolute Gasteiger partial charge is 0.457 e. The number of H-pyrrole nitrogens is 1. The summed E-state index contributed by atoms with van der Waals surface area (Å²) in [7, 11) is -4.29. The summed E-state index contributed by atoms with van der Waals surface area (Å²) < 4.78 is 73.5. The number of amides is 1. The molecular formula is C27H17F3N2O4S. The first-order chi connectivity index (χ1) is 17.7. The third kappa shape index (κ3) is 5.19. The molecule has 5 rings (SSSR count). The van der Waals surface area contributed by atoms with E-state index < -0.39 is 33.4 Å². The van der Waals surface area contributed by atoms with E-state index in [2.05, 4.69) is 4.98 Å². The minimum absolute atomic E-state index is 0.00531. The summed E-state index contributed by atoms with van der Waals surface area (Å²) in [4.78, 5) is 15.4. The summed E-state index contributed by atoms with van der Waals surface area (Å²) in [6, 6.07) is 20.6. The van der Waals surface area contributed by atoms with Gasteiger partial charge in [0.05, 0.1) is 4.90 Å². The fourth-order valence-electron chi connectivity index (χ4n) is 3.69. The Balaban J connectivity index is 1.36. The van der Waals surface area contributed by atoms with Gasteiger partial charge in [-0.15, -0.1) is 0 Å². The molecule has 37 heavy (non-hydrogen) atoms. The van der Waals surface area contributed by atoms with Crippen molar-refractivity contribution in [3.8, 4) is 22.6 Å². The number of nitrogens with one attached hydrogen (secondary N) is 2. The predicted molar refractivity (Wildman–Crippen MR) is 131 cm³/mol. The van der Waals surface area contributed by atoms with Gasteiger partial charge < -0.3 is 9.72 Å². The van der Waals surface area contributed by atoms with Gasteiger partial charge in [0.2, 0.25) is 0 Å². The molecule has 0 saturated carbocycles. The third-order valence-electron chi connectivity index (χ3n) is 5.51. The van der Waals surface area contributed by atoms with Gasteiger partial charge in [-0.25, -0.2) is 26.3 Å². The van der Waals surface area contributed by atoms with E-state index in [1.165, 1.54) is 60.7 Å². The number of carbonyl (C=O) groups excluding carboxylic acids is 1. The number of fused-ring (bicyclic) bond motifs is 1. The lowest BCUT2D eigenvalue weighted by Gasteiger charge is -2.08. The van der Waals surface area contributed by atoms with Crippen LogP contribution in [-0.4, -0.2) is 19.3 Å². The SMILES string of the molecule is O=C(NS(=O)(=O)c1cccc(-c2ccc(F)c(F)c2)c1)c1cc2cc(Oc3ccc(F)cc3)ccc2[nH]1. The van der Waals surface area contributed by atoms with Crippen molar-refractivity contribution in [3.05, 3.63) is 114 Å². The highest BCUT2D eigenvalue weighted by Crippen LogP contribution is 2.27. The number of carbonyl (C=O) groups is 1. The lowest BCUT2D eigenvalue weighted by atomic mass is 10.1. The van der Waals surface area contributed by atoms with Crippen LogP contribution in [-0.2, 0) is 10.0 Å². The Morgan fingerprint density at radius 1 is 0.757 bits per heavy atom. The fourth-order valence-corrected chi connectivity index (χ4v) is 4.70. The number of hydrogen-bond donors (Lipinski definition) is 2. The van der Waals surface area contributed by atoms with E-state index in [0.29, 0.717) is 28.0 Å². The zero-order valence-electron chi connectivity index (χ0n) is 18.8. The van der Waals surface area contributed by atoms with E-state index in [1.54, 1.807) is 18.2 Å². The Labute approximate surface area is 209 Å². The summed E-state index contributed by atoms with van der Waals surface area (Å²) in [5.41, 5.74) is 1.16. The Hall–Kier alpha value is -4.57. The van der Waals surface area contributed by atoms with Gasteiger partial charge in [-0.2, -0.15) is 0 Å². The highest BCUT2D eigenvalue weighted by Gasteiger charge is 2.21. The number of hydrogen-bond acceptors (Lipinski definition) is 4. The van der Waals surface area contributed by atoms with Gasteiger partial charge >= 0.3 is 0 Å². The van der Waals surface area contributed by atoms with Crippen molar-refractivity contribution in [2.45, 2.75) is 4.90 Å². The second kappa shape index (κ2) is 9.47. The van der Waals surface area contributed by atoms with Crippen LogP contribution in [0.1, 0.15) is 10.5 Å². The number of ether oxygens (including phenoxy) is 1. The molecule has 1 aromatic heterocycles. The smallest absolute Gasteiger partial charge is 0.281 e. The van der Waals surface area contributed by atoms with E-state index in [1.807, 2.05) is 4.72 Å². The van der Waals surface area contributed by atoms with Crippen molar-refractivity contribution in [1.29, 1.82) is 0 Å². The second-order valence-electron chi connectivity index (χ2n) is 8.08. The van der Waals surface area contributed by atoms with Crippen LogP contribution in [0.4, 0.5) is 13.2 Å². The van der Waals surface area contributed by atoms with Gasteiger partial charge in [0.1, 0.15) is 23.0 Å². The van der Waals surface area contributed by atoms with Crippen LogP contribution in [0, 0.1) is 17.5 Å². The van der Waals surface area contributed by atoms with E-state index >= 15 is 0 Å². The molecule has 0 bridgehead atoms. The van der Waals surface area contributed by atoms with Crippen molar-refractivity contribution < 1.29 is 31.1 Å². The van der Waals surface area contributed by atoms with Gasteiger partial charge in [-0.05, 0) is 83.9 Å². The zero-order valence-corrected chi connectivity index (χ0v) is 19.7. The lowest BCUT2D eigenvalue weighted by molar-refractivity contribution is 0.0977. The third-order valence-corrected chi connectivity index (χ3v) is 6.84. The van der Waals surface area contributed by atoms with Crippen LogP contribution in [0.5, 0.6) is 11.5 Å². The normalized spacial score (nSPS) is 11.4. The van der Waals surface area contributed by atoms with E-state index in [-0.39, 0.29) is 16.2 Å². The first-order valence-electron chi connectivity index (χ1n) is 10.9. The van der Waals surface area contributed by atoms with Gasteiger partial charge in [0, 0.05) is 10.9 Å². The van der Waals surface area contributed by atoms with Crippen LogP contribution in [0.2, 0.25) is 0 Å². The van der Waals surface area contributed by atoms with Crippen LogP contribution < -0.4 is 9.46 Å². The van der Waals surface area contributed by atoms with Crippen molar-refractivity contribution in [1.82, 2.24) is 9.71 Å². The second-order valence-corrected chi connectivity index (χ2v) is 9.76. The molecule has 0 unspecified atom stereocenters. The van der Waals surface area contributed by atoms with E-state index in [0.717, 1.165) is 12.1 Å². The molecule has 5 aromatic rings. The molecule has 1 amide bonds. The summed E-state index contributed by atoms with van der Waals surface area (Å²) in [5.74, 6) is -2.51. The topological polar surface area (TPSA) is 88.3 Å². The van der Waals surface area contributed by atoms with Crippen LogP contribution >= 0.6 is 0 Å². The molecule has 4 aromatic carbocycles. The highest BCUT2D eigenvalue weighted by molar-refractivity contribution is 7.90. The number of rotatable bonds is 6. The molecule has 0 saturated heterocycles. The monoisotopic (exact) mass is 522 g/mol. The fraction of sp³-hybridized carbons (Fsp3) is 0. The predicted octanol–water partition coefficient (Wildman–Crippen LogP) is 6.16. The Morgan fingerprint density at radius 3 is 2.24 bits per heavy atom. The minimum Gasteiger partial charge on any atom is -0.457 e. The van der Waals surface area contributed by atoms with Gasteiger partial charge in [-0.1, -0.05) is 18.2 Å².